The largest absolute Gasteiger partial charge is 0.232 e. The number of aromatic nitrogens is 4. The topological polar surface area (TPSA) is 43.6 Å². The summed E-state index contributed by atoms with van der Waals surface area (Å²) in [6.07, 6.45) is 7.81. The van der Waals surface area contributed by atoms with Gasteiger partial charge in [0.25, 0.3) is 0 Å². The Morgan fingerprint density at radius 1 is 1.58 bits per heavy atom. The molecule has 0 spiro atoms. The summed E-state index contributed by atoms with van der Waals surface area (Å²) < 4.78 is 1.68. The molecule has 12 heavy (non-hydrogen) atoms. The fourth-order valence-corrected chi connectivity index (χ4v) is 0.749. The van der Waals surface area contributed by atoms with Crippen molar-refractivity contribution in [3.63, 3.8) is 0 Å². The molecule has 0 atom stereocenters. The third-order valence-corrected chi connectivity index (χ3v) is 1.75. The van der Waals surface area contributed by atoms with Crippen LogP contribution in [0, 0.1) is 17.8 Å². The van der Waals surface area contributed by atoms with E-state index in [1.54, 1.807) is 11.0 Å². The van der Waals surface area contributed by atoms with Crippen molar-refractivity contribution in [2.45, 2.75) is 26.8 Å². The highest BCUT2D eigenvalue weighted by molar-refractivity contribution is 4.99. The average molecular weight is 164 g/mol. The van der Waals surface area contributed by atoms with Gasteiger partial charge in [-0.2, -0.15) is 0 Å². The average Bonchev–Trinajstić information content (AvgIpc) is 2.53. The van der Waals surface area contributed by atoms with Crippen LogP contribution in [0.3, 0.4) is 0 Å². The van der Waals surface area contributed by atoms with E-state index in [2.05, 4.69) is 21.4 Å². The first-order valence-electron chi connectivity index (χ1n) is 3.82. The van der Waals surface area contributed by atoms with Gasteiger partial charge >= 0.3 is 0 Å². The molecule has 64 valence electrons. The van der Waals surface area contributed by atoms with Crippen LogP contribution in [0.1, 0.15) is 20.3 Å². The summed E-state index contributed by atoms with van der Waals surface area (Å²) >= 11 is 0. The molecule has 0 amide bonds. The predicted molar refractivity (Wildman–Crippen MR) is 45.0 cm³/mol. The Hall–Kier alpha value is -1.37. The number of aryl methyl sites for hydroxylation is 1. The number of hydrogen-bond donors (Lipinski definition) is 0. The number of tetrazole rings is 1. The van der Waals surface area contributed by atoms with Crippen molar-refractivity contribution in [3.05, 3.63) is 6.33 Å². The summed E-state index contributed by atoms with van der Waals surface area (Å²) in [6.45, 7) is 4.82. The molecule has 0 saturated carbocycles. The summed E-state index contributed by atoms with van der Waals surface area (Å²) in [5.74, 6) is 2.72. The van der Waals surface area contributed by atoms with E-state index >= 15 is 0 Å². The second-order valence-electron chi connectivity index (χ2n) is 3.35. The molecule has 1 aromatic heterocycles. The fourth-order valence-electron chi connectivity index (χ4n) is 0.749. The highest BCUT2D eigenvalue weighted by atomic mass is 15.5. The lowest BCUT2D eigenvalue weighted by Gasteiger charge is -2.15. The Labute approximate surface area is 72.0 Å². The van der Waals surface area contributed by atoms with Gasteiger partial charge in [-0.3, -0.25) is 0 Å². The van der Waals surface area contributed by atoms with Crippen molar-refractivity contribution in [1.82, 2.24) is 20.2 Å². The standard InChI is InChI=1S/C8H12N4/c1-4-8(2,3)5-6-12-7-9-10-11-12/h1,7H,5-6H2,2-3H3. The van der Waals surface area contributed by atoms with Crippen LogP contribution in [0.5, 0.6) is 0 Å². The van der Waals surface area contributed by atoms with Crippen LogP contribution in [0.25, 0.3) is 0 Å². The third-order valence-electron chi connectivity index (χ3n) is 1.75. The second kappa shape index (κ2) is 3.35. The van der Waals surface area contributed by atoms with Crippen LogP contribution in [-0.2, 0) is 6.54 Å². The lowest BCUT2D eigenvalue weighted by molar-refractivity contribution is 0.399. The molecular formula is C8H12N4. The van der Waals surface area contributed by atoms with Gasteiger partial charge in [0.05, 0.1) is 0 Å². The molecule has 0 bridgehead atoms. The zero-order valence-corrected chi connectivity index (χ0v) is 7.36. The summed E-state index contributed by atoms with van der Waals surface area (Å²) in [4.78, 5) is 0. The second-order valence-corrected chi connectivity index (χ2v) is 3.35. The molecule has 0 aliphatic carbocycles. The van der Waals surface area contributed by atoms with Crippen LogP contribution in [0.4, 0.5) is 0 Å². The highest BCUT2D eigenvalue weighted by Gasteiger charge is 2.13. The van der Waals surface area contributed by atoms with Crippen LogP contribution in [0.2, 0.25) is 0 Å². The maximum Gasteiger partial charge on any atom is 0.138 e. The molecule has 0 fully saturated rings. The molecule has 0 aliphatic rings. The van der Waals surface area contributed by atoms with Crippen LogP contribution < -0.4 is 0 Å². The maximum atomic E-state index is 5.33. The molecule has 0 radical (unpaired) electrons. The van der Waals surface area contributed by atoms with E-state index in [-0.39, 0.29) is 5.41 Å². The maximum absolute atomic E-state index is 5.33. The molecule has 1 heterocycles. The van der Waals surface area contributed by atoms with Gasteiger partial charge in [-0.1, -0.05) is 0 Å². The number of hydrogen-bond acceptors (Lipinski definition) is 3. The Balaban J connectivity index is 2.42. The molecule has 0 aliphatic heterocycles. The molecule has 4 heteroatoms. The Kier molecular flexibility index (Phi) is 2.44. The molecular weight excluding hydrogens is 152 g/mol. The van der Waals surface area contributed by atoms with Gasteiger partial charge in [0.1, 0.15) is 6.33 Å². The lowest BCUT2D eigenvalue weighted by atomic mass is 9.91. The van der Waals surface area contributed by atoms with E-state index in [9.17, 15) is 0 Å². The van der Waals surface area contributed by atoms with Gasteiger partial charge < -0.3 is 0 Å². The molecule has 4 nitrogen and oxygen atoms in total. The predicted octanol–water partition coefficient (Wildman–Crippen LogP) is 0.723. The zero-order chi connectivity index (χ0) is 9.03. The smallest absolute Gasteiger partial charge is 0.138 e. The van der Waals surface area contributed by atoms with E-state index in [0.29, 0.717) is 0 Å². The van der Waals surface area contributed by atoms with Gasteiger partial charge in [0.15, 0.2) is 0 Å². The lowest BCUT2D eigenvalue weighted by Crippen LogP contribution is -2.12. The van der Waals surface area contributed by atoms with E-state index in [1.807, 2.05) is 13.8 Å². The van der Waals surface area contributed by atoms with E-state index in [4.69, 9.17) is 6.42 Å². The first kappa shape index (κ1) is 8.72. The molecule has 0 N–H and O–H groups in total. The number of nitrogens with zero attached hydrogens (tertiary/aromatic N) is 4. The van der Waals surface area contributed by atoms with Crippen molar-refractivity contribution in [2.24, 2.45) is 5.41 Å². The van der Waals surface area contributed by atoms with E-state index in [0.717, 1.165) is 13.0 Å². The Morgan fingerprint density at radius 2 is 2.33 bits per heavy atom. The minimum Gasteiger partial charge on any atom is -0.232 e. The first-order chi connectivity index (χ1) is 5.64. The van der Waals surface area contributed by atoms with E-state index < -0.39 is 0 Å². The van der Waals surface area contributed by atoms with Gasteiger partial charge in [-0.05, 0) is 30.7 Å². The monoisotopic (exact) mass is 164 g/mol. The number of rotatable bonds is 3. The number of terminal acetylenes is 1. The summed E-state index contributed by atoms with van der Waals surface area (Å²) in [6, 6.07) is 0. The van der Waals surface area contributed by atoms with Crippen molar-refractivity contribution >= 4 is 0 Å². The van der Waals surface area contributed by atoms with Crippen LogP contribution in [-0.4, -0.2) is 20.2 Å². The fraction of sp³-hybridized carbons (Fsp3) is 0.625. The van der Waals surface area contributed by atoms with Gasteiger partial charge in [-0.15, -0.1) is 17.4 Å². The molecule has 0 aromatic carbocycles. The molecule has 1 aromatic rings. The third kappa shape index (κ3) is 2.35. The van der Waals surface area contributed by atoms with Gasteiger partial charge in [0.2, 0.25) is 0 Å². The van der Waals surface area contributed by atoms with Gasteiger partial charge in [-0.25, -0.2) is 4.68 Å². The van der Waals surface area contributed by atoms with Crippen LogP contribution in [0.15, 0.2) is 6.33 Å². The Morgan fingerprint density at radius 3 is 2.83 bits per heavy atom. The summed E-state index contributed by atoms with van der Waals surface area (Å²) in [7, 11) is 0. The minimum atomic E-state index is -0.0774. The first-order valence-corrected chi connectivity index (χ1v) is 3.82. The van der Waals surface area contributed by atoms with E-state index in [1.165, 1.54) is 0 Å². The molecule has 0 unspecified atom stereocenters. The van der Waals surface area contributed by atoms with Crippen molar-refractivity contribution in [3.8, 4) is 12.3 Å². The quantitative estimate of drug-likeness (QED) is 0.618. The minimum absolute atomic E-state index is 0.0774. The zero-order valence-electron chi connectivity index (χ0n) is 7.36. The van der Waals surface area contributed by atoms with Gasteiger partial charge in [0, 0.05) is 12.0 Å². The molecule has 0 saturated heterocycles. The van der Waals surface area contributed by atoms with Crippen molar-refractivity contribution in [2.75, 3.05) is 0 Å². The van der Waals surface area contributed by atoms with Crippen LogP contribution >= 0.6 is 0 Å². The molecule has 1 rings (SSSR count). The van der Waals surface area contributed by atoms with Crippen molar-refractivity contribution in [1.29, 1.82) is 0 Å². The summed E-state index contributed by atoms with van der Waals surface area (Å²) in [5, 5.41) is 10.8. The Bertz CT molecular complexity index is 268. The normalized spacial score (nSPS) is 11.1. The highest BCUT2D eigenvalue weighted by Crippen LogP contribution is 2.18. The van der Waals surface area contributed by atoms with Crippen molar-refractivity contribution < 1.29 is 0 Å². The SMILES string of the molecule is C#CC(C)(C)CCn1cnnn1. The summed E-state index contributed by atoms with van der Waals surface area (Å²) in [5.41, 5.74) is -0.0774.